The largest absolute Gasteiger partial charge is 0.497 e. The van der Waals surface area contributed by atoms with Crippen LogP contribution < -0.4 is 14.2 Å². The number of nitrogens with one attached hydrogen (secondary N) is 1. The number of anilines is 1. The summed E-state index contributed by atoms with van der Waals surface area (Å²) in [7, 11) is -0.943. The van der Waals surface area contributed by atoms with E-state index in [4.69, 9.17) is 9.47 Å². The van der Waals surface area contributed by atoms with Crippen LogP contribution in [0.3, 0.4) is 0 Å². The smallest absolute Gasteiger partial charge is 0.262 e. The van der Waals surface area contributed by atoms with Crippen molar-refractivity contribution < 1.29 is 22.7 Å². The number of methoxy groups -OCH3 is 2. The van der Waals surface area contributed by atoms with Crippen molar-refractivity contribution in [3.8, 4) is 11.5 Å². The van der Waals surface area contributed by atoms with Gasteiger partial charge in [0.1, 0.15) is 11.5 Å². The van der Waals surface area contributed by atoms with Crippen molar-refractivity contribution in [2.45, 2.75) is 4.90 Å². The number of hydrogen-bond acceptors (Lipinski definition) is 5. The Labute approximate surface area is 163 Å². The van der Waals surface area contributed by atoms with E-state index in [1.807, 2.05) is 6.07 Å². The molecular weight excluding hydrogens is 378 g/mol. The van der Waals surface area contributed by atoms with Gasteiger partial charge in [0.15, 0.2) is 5.78 Å². The van der Waals surface area contributed by atoms with Crippen LogP contribution in [0.2, 0.25) is 0 Å². The van der Waals surface area contributed by atoms with E-state index in [0.29, 0.717) is 22.6 Å². The zero-order chi connectivity index (χ0) is 20.1. The van der Waals surface area contributed by atoms with Crippen LogP contribution in [-0.4, -0.2) is 28.4 Å². The van der Waals surface area contributed by atoms with Crippen LogP contribution in [0.15, 0.2) is 77.7 Å². The van der Waals surface area contributed by atoms with E-state index < -0.39 is 10.0 Å². The molecule has 6 nitrogen and oxygen atoms in total. The molecule has 0 amide bonds. The fourth-order valence-corrected chi connectivity index (χ4v) is 3.71. The summed E-state index contributed by atoms with van der Waals surface area (Å²) in [5.74, 6) is 0.641. The fourth-order valence-electron chi connectivity index (χ4n) is 2.64. The summed E-state index contributed by atoms with van der Waals surface area (Å²) in [5.41, 5.74) is 1.04. The first-order valence-electron chi connectivity index (χ1n) is 8.39. The van der Waals surface area contributed by atoms with Gasteiger partial charge in [0.25, 0.3) is 10.0 Å². The lowest BCUT2D eigenvalue weighted by Crippen LogP contribution is -2.14. The van der Waals surface area contributed by atoms with Crippen molar-refractivity contribution in [1.82, 2.24) is 0 Å². The molecule has 0 heterocycles. The topological polar surface area (TPSA) is 81.7 Å². The molecule has 3 aromatic carbocycles. The SMILES string of the molecule is COc1ccc(S(=O)(=O)Nc2cc(C(=O)c3ccccc3)ccc2OC)cc1. The van der Waals surface area contributed by atoms with E-state index in [-0.39, 0.29) is 16.4 Å². The van der Waals surface area contributed by atoms with Crippen LogP contribution in [0, 0.1) is 0 Å². The minimum Gasteiger partial charge on any atom is -0.497 e. The van der Waals surface area contributed by atoms with Crippen molar-refractivity contribution in [2.75, 3.05) is 18.9 Å². The average Bonchev–Trinajstić information content (AvgIpc) is 2.73. The molecular formula is C21H19NO5S. The summed E-state index contributed by atoms with van der Waals surface area (Å²) < 4.78 is 38.2. The molecule has 7 heteroatoms. The molecule has 0 bridgehead atoms. The molecule has 0 radical (unpaired) electrons. The first-order chi connectivity index (χ1) is 13.4. The monoisotopic (exact) mass is 397 g/mol. The molecule has 1 N–H and O–H groups in total. The number of sulfonamides is 1. The Kier molecular flexibility index (Phi) is 5.65. The Morgan fingerprint density at radius 3 is 2.11 bits per heavy atom. The third-order valence-corrected chi connectivity index (χ3v) is 5.49. The zero-order valence-corrected chi connectivity index (χ0v) is 16.2. The number of ether oxygens (including phenoxy) is 2. The summed E-state index contributed by atoms with van der Waals surface area (Å²) in [4.78, 5) is 12.7. The Bertz CT molecular complexity index is 1080. The molecule has 0 aliphatic heterocycles. The molecule has 0 saturated heterocycles. The van der Waals surface area contributed by atoms with Crippen LogP contribution in [-0.2, 0) is 10.0 Å². The first kappa shape index (κ1) is 19.4. The Hall–Kier alpha value is -3.32. The minimum atomic E-state index is -3.87. The third kappa shape index (κ3) is 4.15. The molecule has 0 fully saturated rings. The van der Waals surface area contributed by atoms with Crippen LogP contribution in [0.25, 0.3) is 0 Å². The summed E-state index contributed by atoms with van der Waals surface area (Å²) in [6.07, 6.45) is 0. The lowest BCUT2D eigenvalue weighted by Gasteiger charge is -2.13. The maximum absolute atomic E-state index is 12.7. The summed E-state index contributed by atoms with van der Waals surface area (Å²) in [5, 5.41) is 0. The molecule has 0 spiro atoms. The van der Waals surface area contributed by atoms with Gasteiger partial charge < -0.3 is 9.47 Å². The van der Waals surface area contributed by atoms with E-state index in [9.17, 15) is 13.2 Å². The molecule has 0 saturated carbocycles. The van der Waals surface area contributed by atoms with Gasteiger partial charge in [0.05, 0.1) is 24.8 Å². The Balaban J connectivity index is 1.95. The molecule has 0 aliphatic carbocycles. The summed E-state index contributed by atoms with van der Waals surface area (Å²) in [6.45, 7) is 0. The number of carbonyl (C=O) groups is 1. The van der Waals surface area contributed by atoms with E-state index in [0.717, 1.165) is 0 Å². The fraction of sp³-hybridized carbons (Fsp3) is 0.0952. The highest BCUT2D eigenvalue weighted by Gasteiger charge is 2.19. The van der Waals surface area contributed by atoms with Gasteiger partial charge in [0.2, 0.25) is 0 Å². The van der Waals surface area contributed by atoms with Gasteiger partial charge in [-0.1, -0.05) is 30.3 Å². The predicted molar refractivity (Wildman–Crippen MR) is 107 cm³/mol. The van der Waals surface area contributed by atoms with Gasteiger partial charge in [-0.05, 0) is 42.5 Å². The second kappa shape index (κ2) is 8.14. The number of benzene rings is 3. The third-order valence-electron chi connectivity index (χ3n) is 4.11. The number of ketones is 1. The van der Waals surface area contributed by atoms with E-state index in [1.54, 1.807) is 48.5 Å². The van der Waals surface area contributed by atoms with Crippen molar-refractivity contribution in [3.63, 3.8) is 0 Å². The van der Waals surface area contributed by atoms with Gasteiger partial charge in [-0.3, -0.25) is 9.52 Å². The van der Waals surface area contributed by atoms with Crippen molar-refractivity contribution >= 4 is 21.5 Å². The predicted octanol–water partition coefficient (Wildman–Crippen LogP) is 3.74. The maximum atomic E-state index is 12.7. The van der Waals surface area contributed by atoms with Crippen molar-refractivity contribution in [2.24, 2.45) is 0 Å². The highest BCUT2D eigenvalue weighted by molar-refractivity contribution is 7.92. The average molecular weight is 397 g/mol. The summed E-state index contributed by atoms with van der Waals surface area (Å²) >= 11 is 0. The van der Waals surface area contributed by atoms with Gasteiger partial charge >= 0.3 is 0 Å². The van der Waals surface area contributed by atoms with Crippen LogP contribution >= 0.6 is 0 Å². The second-order valence-electron chi connectivity index (χ2n) is 5.89. The number of carbonyl (C=O) groups excluding carboxylic acids is 1. The highest BCUT2D eigenvalue weighted by Crippen LogP contribution is 2.29. The lowest BCUT2D eigenvalue weighted by atomic mass is 10.0. The first-order valence-corrected chi connectivity index (χ1v) is 9.87. The Morgan fingerprint density at radius 1 is 0.821 bits per heavy atom. The number of hydrogen-bond donors (Lipinski definition) is 1. The normalized spacial score (nSPS) is 10.9. The van der Waals surface area contributed by atoms with Gasteiger partial charge in [-0.25, -0.2) is 8.42 Å². The van der Waals surface area contributed by atoms with E-state index >= 15 is 0 Å². The van der Waals surface area contributed by atoms with Gasteiger partial charge in [-0.2, -0.15) is 0 Å². The zero-order valence-electron chi connectivity index (χ0n) is 15.4. The van der Waals surface area contributed by atoms with Crippen molar-refractivity contribution in [1.29, 1.82) is 0 Å². The number of rotatable bonds is 7. The minimum absolute atomic E-state index is 0.0649. The van der Waals surface area contributed by atoms with E-state index in [1.165, 1.54) is 32.4 Å². The van der Waals surface area contributed by atoms with E-state index in [2.05, 4.69) is 4.72 Å². The van der Waals surface area contributed by atoms with Gasteiger partial charge in [-0.15, -0.1) is 0 Å². The standard InChI is InChI=1S/C21H19NO5S/c1-26-17-9-11-18(12-10-17)28(24,25)22-19-14-16(8-13-20(19)27-2)21(23)15-6-4-3-5-7-15/h3-14,22H,1-2H3. The highest BCUT2D eigenvalue weighted by atomic mass is 32.2. The molecule has 0 atom stereocenters. The molecule has 0 aliphatic rings. The maximum Gasteiger partial charge on any atom is 0.262 e. The molecule has 28 heavy (non-hydrogen) atoms. The van der Waals surface area contributed by atoms with Crippen LogP contribution in [0.5, 0.6) is 11.5 Å². The molecule has 3 aromatic rings. The molecule has 0 unspecified atom stereocenters. The lowest BCUT2D eigenvalue weighted by molar-refractivity contribution is 0.103. The molecule has 144 valence electrons. The Morgan fingerprint density at radius 2 is 1.50 bits per heavy atom. The summed E-state index contributed by atoms with van der Waals surface area (Å²) in [6, 6.07) is 19.4. The molecule has 0 aromatic heterocycles. The quantitative estimate of drug-likeness (QED) is 0.614. The van der Waals surface area contributed by atoms with Crippen molar-refractivity contribution in [3.05, 3.63) is 83.9 Å². The van der Waals surface area contributed by atoms with Crippen LogP contribution in [0.1, 0.15) is 15.9 Å². The second-order valence-corrected chi connectivity index (χ2v) is 7.57. The molecule has 3 rings (SSSR count). The van der Waals surface area contributed by atoms with Gasteiger partial charge in [0, 0.05) is 11.1 Å². The van der Waals surface area contributed by atoms with Crippen LogP contribution in [0.4, 0.5) is 5.69 Å².